The second-order valence-electron chi connectivity index (χ2n) is 5.78. The number of nitrogens with one attached hydrogen (secondary N) is 1. The molecular formula is C16H20N6O4. The summed E-state index contributed by atoms with van der Waals surface area (Å²) >= 11 is 0. The summed E-state index contributed by atoms with van der Waals surface area (Å²) in [4.78, 5) is 37.7. The third-order valence-corrected chi connectivity index (χ3v) is 3.61. The minimum atomic E-state index is -0.700. The lowest BCUT2D eigenvalue weighted by molar-refractivity contribution is -0.134. The van der Waals surface area contributed by atoms with Crippen LogP contribution in [-0.4, -0.2) is 62.6 Å². The summed E-state index contributed by atoms with van der Waals surface area (Å²) < 4.78 is 6.32. The van der Waals surface area contributed by atoms with Crippen LogP contribution in [0.3, 0.4) is 0 Å². The van der Waals surface area contributed by atoms with Crippen molar-refractivity contribution >= 4 is 23.5 Å². The predicted molar refractivity (Wildman–Crippen MR) is 91.1 cm³/mol. The van der Waals surface area contributed by atoms with E-state index >= 15 is 0 Å². The number of rotatable bonds is 7. The number of ether oxygens (including phenoxy) is 1. The molecule has 10 nitrogen and oxygen atoms in total. The number of para-hydroxylation sites is 1. The lowest BCUT2D eigenvalue weighted by atomic mass is 10.2. The second kappa shape index (κ2) is 8.70. The normalized spacial score (nSPS) is 10.5. The van der Waals surface area contributed by atoms with Gasteiger partial charge in [-0.3, -0.25) is 9.59 Å². The maximum atomic E-state index is 12.3. The number of hydrogen-bond acceptors (Lipinski definition) is 7. The Morgan fingerprint density at radius 2 is 2.00 bits per heavy atom. The first kappa shape index (κ1) is 19.0. The number of esters is 1. The monoisotopic (exact) mass is 360 g/mol. The number of hydrogen-bond donors (Lipinski definition) is 1. The van der Waals surface area contributed by atoms with Crippen LogP contribution in [0.2, 0.25) is 0 Å². The minimum absolute atomic E-state index is 0.000878. The quantitative estimate of drug-likeness (QED) is 0.707. The van der Waals surface area contributed by atoms with Crippen LogP contribution in [0.1, 0.15) is 24.2 Å². The largest absolute Gasteiger partial charge is 0.452 e. The number of tetrazole rings is 1. The first-order chi connectivity index (χ1) is 12.4. The van der Waals surface area contributed by atoms with Crippen molar-refractivity contribution < 1.29 is 19.1 Å². The Hall–Kier alpha value is -3.30. The Bertz CT molecular complexity index is 775. The number of nitrogens with zero attached hydrogens (tertiary/aromatic N) is 5. The molecule has 26 heavy (non-hydrogen) atoms. The fraction of sp³-hybridized carbons (Fsp3) is 0.375. The highest BCUT2D eigenvalue weighted by Gasteiger charge is 2.18. The summed E-state index contributed by atoms with van der Waals surface area (Å²) in [6.45, 7) is 3.23. The molecular weight excluding hydrogens is 340 g/mol. The molecule has 0 spiro atoms. The third-order valence-electron chi connectivity index (χ3n) is 3.61. The van der Waals surface area contributed by atoms with Gasteiger partial charge in [0.25, 0.3) is 5.91 Å². The fourth-order valence-electron chi connectivity index (χ4n) is 1.95. The van der Waals surface area contributed by atoms with Crippen LogP contribution in [0.15, 0.2) is 30.6 Å². The molecule has 2 amide bonds. The molecule has 0 aliphatic heterocycles. The van der Waals surface area contributed by atoms with Gasteiger partial charge in [-0.1, -0.05) is 12.1 Å². The molecule has 1 aromatic heterocycles. The SMILES string of the molecule is CC(C)N(C)C(=O)COC(=O)c1ccccc1NC(=O)Cn1cnnn1. The van der Waals surface area contributed by atoms with Crippen LogP contribution in [0, 0.1) is 0 Å². The minimum Gasteiger partial charge on any atom is -0.452 e. The van der Waals surface area contributed by atoms with E-state index < -0.39 is 11.9 Å². The summed E-state index contributed by atoms with van der Waals surface area (Å²) in [5, 5.41) is 13.1. The first-order valence-electron chi connectivity index (χ1n) is 7.91. The van der Waals surface area contributed by atoms with Crippen molar-refractivity contribution in [1.29, 1.82) is 0 Å². The molecule has 2 rings (SSSR count). The lowest BCUT2D eigenvalue weighted by Crippen LogP contribution is -2.36. The Morgan fingerprint density at radius 3 is 2.65 bits per heavy atom. The summed E-state index contributed by atoms with van der Waals surface area (Å²) in [7, 11) is 1.63. The van der Waals surface area contributed by atoms with Gasteiger partial charge in [-0.25, -0.2) is 9.48 Å². The lowest BCUT2D eigenvalue weighted by Gasteiger charge is -2.21. The molecule has 0 saturated heterocycles. The van der Waals surface area contributed by atoms with Crippen molar-refractivity contribution in [3.8, 4) is 0 Å². The molecule has 10 heteroatoms. The van der Waals surface area contributed by atoms with Crippen molar-refractivity contribution in [1.82, 2.24) is 25.1 Å². The molecule has 1 heterocycles. The molecule has 0 aliphatic carbocycles. The number of anilines is 1. The van der Waals surface area contributed by atoms with Gasteiger partial charge >= 0.3 is 5.97 Å². The second-order valence-corrected chi connectivity index (χ2v) is 5.78. The number of carbonyl (C=O) groups excluding carboxylic acids is 3. The third kappa shape index (κ3) is 5.10. The van der Waals surface area contributed by atoms with Gasteiger partial charge in [-0.15, -0.1) is 5.10 Å². The molecule has 2 aromatic rings. The van der Waals surface area contributed by atoms with E-state index in [9.17, 15) is 14.4 Å². The maximum Gasteiger partial charge on any atom is 0.340 e. The van der Waals surface area contributed by atoms with Gasteiger partial charge < -0.3 is 15.0 Å². The molecule has 0 radical (unpaired) electrons. The Kier molecular flexibility index (Phi) is 6.36. The van der Waals surface area contributed by atoms with Crippen molar-refractivity contribution in [3.05, 3.63) is 36.2 Å². The van der Waals surface area contributed by atoms with E-state index in [2.05, 4.69) is 20.8 Å². The van der Waals surface area contributed by atoms with Crippen LogP contribution in [-0.2, 0) is 20.9 Å². The molecule has 1 N–H and O–H groups in total. The zero-order chi connectivity index (χ0) is 19.1. The molecule has 0 saturated carbocycles. The van der Waals surface area contributed by atoms with Crippen molar-refractivity contribution in [2.24, 2.45) is 0 Å². The highest BCUT2D eigenvalue weighted by molar-refractivity contribution is 6.01. The molecule has 0 bridgehead atoms. The van der Waals surface area contributed by atoms with Crippen LogP contribution >= 0.6 is 0 Å². The van der Waals surface area contributed by atoms with Crippen molar-refractivity contribution in [2.75, 3.05) is 19.0 Å². The zero-order valence-electron chi connectivity index (χ0n) is 14.7. The van der Waals surface area contributed by atoms with Gasteiger partial charge in [0, 0.05) is 13.1 Å². The maximum absolute atomic E-state index is 12.3. The Labute approximate surface area is 150 Å². The highest BCUT2D eigenvalue weighted by Crippen LogP contribution is 2.16. The number of carbonyl (C=O) groups is 3. The van der Waals surface area contributed by atoms with Crippen LogP contribution in [0.25, 0.3) is 0 Å². The molecule has 1 aromatic carbocycles. The summed E-state index contributed by atoms with van der Waals surface area (Å²) in [6, 6.07) is 6.37. The summed E-state index contributed by atoms with van der Waals surface area (Å²) in [5.41, 5.74) is 0.429. The number of benzene rings is 1. The van der Waals surface area contributed by atoms with E-state index in [4.69, 9.17) is 4.74 Å². The Morgan fingerprint density at radius 1 is 1.27 bits per heavy atom. The number of aromatic nitrogens is 4. The van der Waals surface area contributed by atoms with Crippen LogP contribution in [0.4, 0.5) is 5.69 Å². The summed E-state index contributed by atoms with van der Waals surface area (Å²) in [6.07, 6.45) is 1.30. The average molecular weight is 360 g/mol. The van der Waals surface area contributed by atoms with Gasteiger partial charge in [0.1, 0.15) is 12.9 Å². The standard InChI is InChI=1S/C16H20N6O4/c1-11(2)21(3)15(24)9-26-16(25)12-6-4-5-7-13(12)18-14(23)8-22-10-17-19-20-22/h4-7,10-11H,8-9H2,1-3H3,(H,18,23). The van der Waals surface area contributed by atoms with Crippen LogP contribution < -0.4 is 5.32 Å². The number of likely N-dealkylation sites (N-methyl/N-ethyl adjacent to an activating group) is 1. The Balaban J connectivity index is 2.00. The van der Waals surface area contributed by atoms with E-state index in [1.807, 2.05) is 13.8 Å². The van der Waals surface area contributed by atoms with E-state index in [0.29, 0.717) is 0 Å². The van der Waals surface area contributed by atoms with Gasteiger partial charge in [-0.05, 0) is 36.4 Å². The highest BCUT2D eigenvalue weighted by atomic mass is 16.5. The van der Waals surface area contributed by atoms with Crippen molar-refractivity contribution in [3.63, 3.8) is 0 Å². The van der Waals surface area contributed by atoms with E-state index in [1.54, 1.807) is 25.2 Å². The smallest absolute Gasteiger partial charge is 0.340 e. The zero-order valence-corrected chi connectivity index (χ0v) is 14.7. The van der Waals surface area contributed by atoms with Gasteiger partial charge in [0.05, 0.1) is 11.3 Å². The van der Waals surface area contributed by atoms with Gasteiger partial charge in [0.2, 0.25) is 5.91 Å². The van der Waals surface area contributed by atoms with E-state index in [-0.39, 0.29) is 36.4 Å². The molecule has 0 aliphatic rings. The first-order valence-corrected chi connectivity index (χ1v) is 7.91. The molecule has 0 unspecified atom stereocenters. The van der Waals surface area contributed by atoms with E-state index in [1.165, 1.54) is 22.0 Å². The van der Waals surface area contributed by atoms with Gasteiger partial charge in [-0.2, -0.15) is 0 Å². The number of amides is 2. The average Bonchev–Trinajstić information content (AvgIpc) is 3.11. The predicted octanol–water partition coefficient (Wildman–Crippen LogP) is 0.335. The molecule has 138 valence electrons. The van der Waals surface area contributed by atoms with Gasteiger partial charge in [0.15, 0.2) is 6.61 Å². The molecule has 0 fully saturated rings. The molecule has 0 atom stereocenters. The van der Waals surface area contributed by atoms with E-state index in [0.717, 1.165) is 0 Å². The fourth-order valence-corrected chi connectivity index (χ4v) is 1.95. The summed E-state index contributed by atoms with van der Waals surface area (Å²) in [5.74, 6) is -1.42. The van der Waals surface area contributed by atoms with Crippen molar-refractivity contribution in [2.45, 2.75) is 26.4 Å². The topological polar surface area (TPSA) is 119 Å². The van der Waals surface area contributed by atoms with Crippen LogP contribution in [0.5, 0.6) is 0 Å².